The Balaban J connectivity index is 1.81. The maximum Gasteiger partial charge on any atom is 0.326 e. The molecule has 3 aromatic rings. The highest BCUT2D eigenvalue weighted by Crippen LogP contribution is 2.28. The largest absolute Gasteiger partial charge is 0.481 e. The van der Waals surface area contributed by atoms with Crippen LogP contribution in [0.2, 0.25) is 0 Å². The fourth-order valence-corrected chi connectivity index (χ4v) is 8.95. The van der Waals surface area contributed by atoms with Gasteiger partial charge in [0.15, 0.2) is 5.78 Å². The fraction of sp³-hybridized carbons (Fsp3) is 0.482. The van der Waals surface area contributed by atoms with Gasteiger partial charge in [0.05, 0.1) is 30.0 Å². The van der Waals surface area contributed by atoms with Crippen LogP contribution in [-0.4, -0.2) is 118 Å². The number of Topliss-reactive ketones (excluding diaryl/α,β-unsaturated/α-hetero) is 2. The Morgan fingerprint density at radius 2 is 1.49 bits per heavy atom. The van der Waals surface area contributed by atoms with E-state index < -0.39 is 127 Å². The molecular weight excluding hydrogens is 949 g/mol. The Bertz CT molecular complexity index is 2590. The van der Waals surface area contributed by atoms with Crippen LogP contribution in [0.25, 0.3) is 10.9 Å². The number of rotatable bonds is 13. The number of H-pyrrole nitrogens is 1. The highest BCUT2D eigenvalue weighted by atomic mass is 16.5. The molecule has 0 aliphatic carbocycles. The number of carboxylic acid groups (broad SMARTS) is 2. The minimum Gasteiger partial charge on any atom is -0.481 e. The van der Waals surface area contributed by atoms with Gasteiger partial charge in [-0.3, -0.25) is 38.4 Å². The van der Waals surface area contributed by atoms with Crippen LogP contribution in [0, 0.1) is 35.5 Å². The van der Waals surface area contributed by atoms with Gasteiger partial charge < -0.3 is 46.1 Å². The molecule has 18 heteroatoms. The molecule has 0 saturated carbocycles. The van der Waals surface area contributed by atoms with Crippen LogP contribution >= 0.6 is 0 Å². The van der Waals surface area contributed by atoms with Crippen LogP contribution in [0.3, 0.4) is 0 Å². The lowest BCUT2D eigenvalue weighted by atomic mass is 9.80. The maximum atomic E-state index is 14.9. The number of amides is 5. The van der Waals surface area contributed by atoms with Crippen molar-refractivity contribution < 1.29 is 58.1 Å². The zero-order valence-electron chi connectivity index (χ0n) is 43.9. The van der Waals surface area contributed by atoms with E-state index in [1.54, 1.807) is 39.3 Å². The summed E-state index contributed by atoms with van der Waals surface area (Å²) < 4.78 is 5.86. The molecule has 10 atom stereocenters. The summed E-state index contributed by atoms with van der Waals surface area (Å²) in [4.78, 5) is 127. The van der Waals surface area contributed by atoms with Gasteiger partial charge in [0.1, 0.15) is 23.6 Å². The van der Waals surface area contributed by atoms with E-state index >= 15 is 0 Å². The van der Waals surface area contributed by atoms with Crippen molar-refractivity contribution in [3.8, 4) is 0 Å². The van der Waals surface area contributed by atoms with Crippen LogP contribution in [0.4, 0.5) is 0 Å². The average Bonchev–Trinajstić information content (AvgIpc) is 3.77. The molecule has 2 heterocycles. The average molecular weight is 1020 g/mol. The van der Waals surface area contributed by atoms with Gasteiger partial charge in [-0.1, -0.05) is 114 Å². The molecule has 18 nitrogen and oxygen atoms in total. The van der Waals surface area contributed by atoms with Crippen molar-refractivity contribution in [3.63, 3.8) is 0 Å². The number of carbonyl (C=O) groups is 9. The summed E-state index contributed by atoms with van der Waals surface area (Å²) in [6.45, 7) is 15.3. The van der Waals surface area contributed by atoms with Crippen LogP contribution in [0.1, 0.15) is 91.7 Å². The second-order valence-electron chi connectivity index (χ2n) is 20.0. The number of fused-ring (bicyclic) bond motifs is 1. The maximum absolute atomic E-state index is 14.9. The molecule has 0 unspecified atom stereocenters. The molecule has 1 aromatic heterocycles. The SMILES string of the molecule is C=C1C(=O)N[C@H](C)C(=O)N[C@@H](CC(C)C)C(=O)C[C@@H](C(=O)O)[C@H](C)C(=O)C[C@@H](Cc2c[nH]c3ccccc23)C(=O)N[C@@H](/C=C/C(C)=C/[C@H](C)[C@H](Cc2ccccc2)OC)[C@H](C)C(=O)N[C@@H](C(=O)O)CCC(=O)N1C. The smallest absolute Gasteiger partial charge is 0.326 e. The predicted octanol–water partition coefficient (Wildman–Crippen LogP) is 5.47. The van der Waals surface area contributed by atoms with Gasteiger partial charge in [0, 0.05) is 68.3 Å². The highest BCUT2D eigenvalue weighted by molar-refractivity contribution is 6.00. The molecular formula is C56H74N6O12. The first-order valence-corrected chi connectivity index (χ1v) is 25.1. The van der Waals surface area contributed by atoms with Gasteiger partial charge in [-0.05, 0) is 62.6 Å². The zero-order valence-corrected chi connectivity index (χ0v) is 43.9. The van der Waals surface area contributed by atoms with Crippen LogP contribution < -0.4 is 21.3 Å². The van der Waals surface area contributed by atoms with Gasteiger partial charge in [-0.15, -0.1) is 0 Å². The number of aromatic nitrogens is 1. The van der Waals surface area contributed by atoms with Crippen molar-refractivity contribution in [3.05, 3.63) is 108 Å². The lowest BCUT2D eigenvalue weighted by Gasteiger charge is -2.27. The van der Waals surface area contributed by atoms with E-state index in [2.05, 4.69) is 32.8 Å². The molecule has 0 radical (unpaired) electrons. The topological polar surface area (TPSA) is 270 Å². The van der Waals surface area contributed by atoms with Gasteiger partial charge in [-0.25, -0.2) is 4.79 Å². The second kappa shape index (κ2) is 27.7. The van der Waals surface area contributed by atoms with E-state index in [1.807, 2.05) is 74.5 Å². The molecule has 5 amide bonds. The second-order valence-corrected chi connectivity index (χ2v) is 20.0. The molecule has 1 fully saturated rings. The first-order valence-electron chi connectivity index (χ1n) is 25.1. The third-order valence-electron chi connectivity index (χ3n) is 13.8. The quantitative estimate of drug-likeness (QED) is 0.0830. The highest BCUT2D eigenvalue weighted by Gasteiger charge is 2.38. The number of aliphatic carboxylic acids is 2. The van der Waals surface area contributed by atoms with Crippen molar-refractivity contribution in [2.45, 2.75) is 124 Å². The summed E-state index contributed by atoms with van der Waals surface area (Å²) in [6, 6.07) is 12.0. The number of aromatic amines is 1. The molecule has 7 N–H and O–H groups in total. The Labute approximate surface area is 433 Å². The summed E-state index contributed by atoms with van der Waals surface area (Å²) in [5, 5.41) is 32.1. The zero-order chi connectivity index (χ0) is 55.0. The Morgan fingerprint density at radius 1 is 0.824 bits per heavy atom. The number of carboxylic acids is 2. The minimum absolute atomic E-state index is 0.00848. The van der Waals surface area contributed by atoms with Gasteiger partial charge in [0.2, 0.25) is 23.6 Å². The van der Waals surface area contributed by atoms with Crippen molar-refractivity contribution >= 4 is 63.9 Å². The molecule has 4 rings (SSSR count). The number of hydrogen-bond acceptors (Lipinski definition) is 10. The number of nitrogens with one attached hydrogen (secondary N) is 5. The lowest BCUT2D eigenvalue weighted by Crippen LogP contribution is -2.52. The van der Waals surface area contributed by atoms with E-state index in [1.165, 1.54) is 27.8 Å². The van der Waals surface area contributed by atoms with Crippen LogP contribution in [0.5, 0.6) is 0 Å². The molecule has 1 aliphatic rings. The Kier molecular flexibility index (Phi) is 22.2. The Hall–Kier alpha value is -7.21. The number of carbonyl (C=O) groups excluding carboxylic acids is 7. The number of allylic oxidation sites excluding steroid dienone is 2. The van der Waals surface area contributed by atoms with Crippen molar-refractivity contribution in [1.82, 2.24) is 31.2 Å². The molecule has 2 aromatic carbocycles. The van der Waals surface area contributed by atoms with Crippen molar-refractivity contribution in [2.24, 2.45) is 35.5 Å². The van der Waals surface area contributed by atoms with E-state index in [0.717, 1.165) is 26.9 Å². The molecule has 0 bridgehead atoms. The molecule has 1 saturated heterocycles. The Morgan fingerprint density at radius 3 is 2.12 bits per heavy atom. The number of ether oxygens (including phenoxy) is 1. The van der Waals surface area contributed by atoms with Crippen molar-refractivity contribution in [1.29, 1.82) is 0 Å². The van der Waals surface area contributed by atoms with Gasteiger partial charge in [-0.2, -0.15) is 0 Å². The number of hydrogen-bond donors (Lipinski definition) is 7. The summed E-state index contributed by atoms with van der Waals surface area (Å²) in [6.07, 6.45) is 5.54. The summed E-state index contributed by atoms with van der Waals surface area (Å²) in [5.74, 6) is -13.6. The van der Waals surface area contributed by atoms with E-state index in [0.29, 0.717) is 12.0 Å². The number of likely N-dealkylation sites (N-methyl/N-ethyl adjacent to an activating group) is 1. The molecule has 1 aliphatic heterocycles. The fourth-order valence-electron chi connectivity index (χ4n) is 8.95. The number of benzene rings is 2. The molecule has 0 spiro atoms. The lowest BCUT2D eigenvalue weighted by molar-refractivity contribution is -0.149. The number of methoxy groups -OCH3 is 1. The van der Waals surface area contributed by atoms with Crippen LogP contribution in [-0.2, 0) is 60.7 Å². The van der Waals surface area contributed by atoms with E-state index in [9.17, 15) is 53.4 Å². The monoisotopic (exact) mass is 1020 g/mol. The van der Waals surface area contributed by atoms with Crippen molar-refractivity contribution in [2.75, 3.05) is 14.2 Å². The number of para-hydroxylation sites is 1. The summed E-state index contributed by atoms with van der Waals surface area (Å²) in [5.41, 5.74) is 2.88. The first kappa shape index (κ1) is 59.4. The number of ketones is 2. The van der Waals surface area contributed by atoms with Crippen LogP contribution in [0.15, 0.2) is 96.9 Å². The van der Waals surface area contributed by atoms with E-state index in [4.69, 9.17) is 4.74 Å². The third kappa shape index (κ3) is 16.9. The van der Waals surface area contributed by atoms with E-state index in [-0.39, 0.29) is 36.5 Å². The standard InChI is InChI=1S/C56H74N6O12/c1-31(2)24-46-48(64)29-42(55(70)71)34(5)47(63)28-39(27-40-30-57-44-19-15-14-18-41(40)44)54(69)59-43(21-20-32(3)25-33(4)49(74-10)26-38-16-12-11-13-17-38)35(6)51(66)60-45(56(72)73)22-23-50(65)62(9)37(8)53(68)58-36(7)52(67)61-46/h11-21,25,30-31,33-36,39,42-43,45-46,49,57H,8,22-24,26-29H2,1-7,9-10H3,(H,58,68)(H,59,69)(H,60,66)(H,61,67)(H,70,71)(H,72,73)/b21-20+,32-25+/t33-,34-,35-,36+,39+,42+,43-,45+,46-,49-/m0/s1. The predicted molar refractivity (Wildman–Crippen MR) is 279 cm³/mol. The molecule has 74 heavy (non-hydrogen) atoms. The first-order chi connectivity index (χ1) is 34.9. The normalized spacial score (nSPS) is 25.2. The third-order valence-corrected chi connectivity index (χ3v) is 13.8. The minimum atomic E-state index is -1.60. The number of nitrogens with zero attached hydrogens (tertiary/aromatic N) is 1. The molecule has 400 valence electrons. The van der Waals surface area contributed by atoms with Gasteiger partial charge in [0.25, 0.3) is 5.91 Å². The summed E-state index contributed by atoms with van der Waals surface area (Å²) in [7, 11) is 2.87. The summed E-state index contributed by atoms with van der Waals surface area (Å²) >= 11 is 0. The van der Waals surface area contributed by atoms with Gasteiger partial charge >= 0.3 is 11.9 Å².